The molecule has 0 saturated heterocycles. The van der Waals surface area contributed by atoms with E-state index in [2.05, 4.69) is 46.5 Å². The number of fused-ring (bicyclic) bond motifs is 1. The number of hydrogen-bond donors (Lipinski definition) is 5. The number of carbonyl (C=O) groups is 3. The number of rotatable bonds is 13. The van der Waals surface area contributed by atoms with E-state index in [0.29, 0.717) is 31.5 Å². The maximum Gasteiger partial charge on any atom is 0.422 e. The van der Waals surface area contributed by atoms with Gasteiger partial charge in [0.1, 0.15) is 5.52 Å². The number of amides is 3. The molecule has 2 aromatic heterocycles. The van der Waals surface area contributed by atoms with Gasteiger partial charge >= 0.3 is 24.0 Å². The van der Waals surface area contributed by atoms with Crippen LogP contribution < -0.4 is 31.3 Å². The van der Waals surface area contributed by atoms with Crippen LogP contribution in [0.3, 0.4) is 0 Å². The highest BCUT2D eigenvalue weighted by Crippen LogP contribution is 2.48. The van der Waals surface area contributed by atoms with Gasteiger partial charge in [0.05, 0.1) is 20.3 Å². The zero-order valence-corrected chi connectivity index (χ0v) is 32.0. The Morgan fingerprint density at radius 3 is 2.18 bits per heavy atom. The Morgan fingerprint density at radius 1 is 0.836 bits per heavy atom. The average Bonchev–Trinajstić information content (AvgIpc) is 3.80. The second-order valence-electron chi connectivity index (χ2n) is 13.3. The van der Waals surface area contributed by atoms with Crippen molar-refractivity contribution in [2.45, 2.75) is 38.4 Å². The lowest BCUT2D eigenvalue weighted by atomic mass is 9.93. The van der Waals surface area contributed by atoms with Crippen LogP contribution in [0.1, 0.15) is 42.6 Å². The van der Waals surface area contributed by atoms with E-state index >= 15 is 0 Å². The molecule has 5 N–H and O–H groups in total. The number of carbonyl (C=O) groups excluding carboxylic acids is 3. The predicted molar refractivity (Wildman–Crippen MR) is 204 cm³/mol. The fourth-order valence-corrected chi connectivity index (χ4v) is 6.55. The number of hydrogen-bond acceptors (Lipinski definition) is 11. The van der Waals surface area contributed by atoms with Crippen molar-refractivity contribution in [1.29, 1.82) is 0 Å². The minimum absolute atomic E-state index is 0.00173. The molecule has 2 heterocycles. The van der Waals surface area contributed by atoms with Gasteiger partial charge in [-0.3, -0.25) is 19.7 Å². The Kier molecular flexibility index (Phi) is 11.6. The van der Waals surface area contributed by atoms with E-state index in [1.807, 2.05) is 12.1 Å². The van der Waals surface area contributed by atoms with Gasteiger partial charge in [-0.25, -0.2) is 4.98 Å². The van der Waals surface area contributed by atoms with Crippen LogP contribution in [0.2, 0.25) is 15.1 Å². The fourth-order valence-electron chi connectivity index (χ4n) is 5.14. The number of thiazole rings is 1. The molecule has 0 aliphatic heterocycles. The molecule has 0 bridgehead atoms. The van der Waals surface area contributed by atoms with E-state index in [1.165, 1.54) is 12.1 Å². The van der Waals surface area contributed by atoms with Crippen molar-refractivity contribution in [2.24, 2.45) is 5.41 Å². The highest BCUT2D eigenvalue weighted by Gasteiger charge is 2.45. The first-order valence-electron chi connectivity index (χ1n) is 16.5. The summed E-state index contributed by atoms with van der Waals surface area (Å²) in [6.07, 6.45) is -3.16. The SMILES string of the molecule is CC(C)(CNC(=O)C(=O)Nc1nc2c(Cl)c(Cl)ccc2s1)CNC(=O)c1ccc(Nc2nc(NC3(c4ccc(Cl)cc4)CC3)nc(OCC(F)(F)F)n2)cc1. The zero-order valence-electron chi connectivity index (χ0n) is 28.9. The summed E-state index contributed by atoms with van der Waals surface area (Å²) in [6, 6.07) is 16.1. The highest BCUT2D eigenvalue weighted by molar-refractivity contribution is 7.22. The van der Waals surface area contributed by atoms with Gasteiger partial charge in [-0.2, -0.15) is 28.1 Å². The van der Waals surface area contributed by atoms with Crippen LogP contribution in [0, 0.1) is 5.41 Å². The quantitative estimate of drug-likeness (QED) is 0.0739. The van der Waals surface area contributed by atoms with Gasteiger partial charge in [0.15, 0.2) is 11.7 Å². The molecule has 1 aliphatic carbocycles. The molecule has 0 spiro atoms. The van der Waals surface area contributed by atoms with Gasteiger partial charge in [-0.1, -0.05) is 72.1 Å². The van der Waals surface area contributed by atoms with Crippen LogP contribution in [0.15, 0.2) is 60.7 Å². The maximum atomic E-state index is 13.0. The number of nitrogens with zero attached hydrogens (tertiary/aromatic N) is 4. The van der Waals surface area contributed by atoms with Crippen molar-refractivity contribution in [2.75, 3.05) is 35.6 Å². The summed E-state index contributed by atoms with van der Waals surface area (Å²) in [6.45, 7) is 2.19. The molecule has 1 saturated carbocycles. The molecule has 0 radical (unpaired) electrons. The van der Waals surface area contributed by atoms with Crippen LogP contribution in [0.25, 0.3) is 10.2 Å². The molecular weight excluding hydrogens is 806 g/mol. The lowest BCUT2D eigenvalue weighted by Gasteiger charge is -2.25. The molecule has 5 aromatic rings. The molecule has 3 amide bonds. The van der Waals surface area contributed by atoms with Crippen LogP contribution in [0.4, 0.5) is 35.9 Å². The summed E-state index contributed by atoms with van der Waals surface area (Å²) in [5.41, 5.74) is 0.857. The molecule has 1 fully saturated rings. The van der Waals surface area contributed by atoms with Gasteiger partial charge in [-0.15, -0.1) is 0 Å². The van der Waals surface area contributed by atoms with E-state index in [1.54, 1.807) is 50.2 Å². The molecule has 3 aromatic carbocycles. The largest absolute Gasteiger partial charge is 0.454 e. The Labute approximate surface area is 330 Å². The second-order valence-corrected chi connectivity index (χ2v) is 15.5. The molecule has 6 rings (SSSR count). The van der Waals surface area contributed by atoms with E-state index in [0.717, 1.165) is 29.7 Å². The van der Waals surface area contributed by atoms with E-state index < -0.39 is 47.5 Å². The summed E-state index contributed by atoms with van der Waals surface area (Å²) in [7, 11) is 0. The third kappa shape index (κ3) is 10.4. The minimum Gasteiger partial charge on any atom is -0.454 e. The van der Waals surface area contributed by atoms with Crippen LogP contribution in [-0.2, 0) is 15.1 Å². The monoisotopic (exact) mass is 835 g/mol. The summed E-state index contributed by atoms with van der Waals surface area (Å²) < 4.78 is 44.4. The summed E-state index contributed by atoms with van der Waals surface area (Å²) >= 11 is 19.4. The van der Waals surface area contributed by atoms with E-state index in [9.17, 15) is 27.6 Å². The number of anilines is 4. The van der Waals surface area contributed by atoms with Crippen LogP contribution >= 0.6 is 46.1 Å². The average molecular weight is 837 g/mol. The first-order chi connectivity index (χ1) is 26.0. The van der Waals surface area contributed by atoms with Crippen molar-refractivity contribution in [1.82, 2.24) is 30.6 Å². The number of halogens is 6. The van der Waals surface area contributed by atoms with Gasteiger partial charge in [-0.05, 0) is 72.4 Å². The topological polar surface area (TPSA) is 172 Å². The van der Waals surface area contributed by atoms with Gasteiger partial charge in [0, 0.05) is 29.4 Å². The first kappa shape index (κ1) is 39.7. The van der Waals surface area contributed by atoms with Crippen molar-refractivity contribution >= 4 is 96.8 Å². The van der Waals surface area contributed by atoms with Gasteiger partial charge < -0.3 is 26.0 Å². The molecule has 20 heteroatoms. The van der Waals surface area contributed by atoms with E-state index in [4.69, 9.17) is 39.5 Å². The molecule has 0 atom stereocenters. The highest BCUT2D eigenvalue weighted by atomic mass is 35.5. The fraction of sp³-hybridized carbons (Fsp3) is 0.286. The molecular formula is C35H31Cl3F3N9O4S. The molecule has 55 heavy (non-hydrogen) atoms. The first-order valence-corrected chi connectivity index (χ1v) is 18.4. The normalized spacial score (nSPS) is 13.5. The molecule has 0 unspecified atom stereocenters. The van der Waals surface area contributed by atoms with E-state index in [-0.39, 0.29) is 35.1 Å². The van der Waals surface area contributed by atoms with Gasteiger partial charge in [0.25, 0.3) is 5.91 Å². The van der Waals surface area contributed by atoms with Crippen molar-refractivity contribution in [3.8, 4) is 6.01 Å². The second kappa shape index (κ2) is 16.0. The van der Waals surface area contributed by atoms with Gasteiger partial charge in [0.2, 0.25) is 11.9 Å². The minimum atomic E-state index is -4.62. The Morgan fingerprint density at radius 2 is 1.51 bits per heavy atom. The number of alkyl halides is 3. The molecule has 288 valence electrons. The number of nitrogens with one attached hydrogen (secondary N) is 5. The number of aromatic nitrogens is 4. The number of ether oxygens (including phenoxy) is 1. The number of benzene rings is 3. The Balaban J connectivity index is 1.03. The maximum absolute atomic E-state index is 13.0. The van der Waals surface area contributed by atoms with Crippen LogP contribution in [0.5, 0.6) is 6.01 Å². The molecule has 1 aliphatic rings. The zero-order chi connectivity index (χ0) is 39.5. The van der Waals surface area contributed by atoms with Crippen LogP contribution in [-0.4, -0.2) is 63.5 Å². The molecule has 13 nitrogen and oxygen atoms in total. The predicted octanol–water partition coefficient (Wildman–Crippen LogP) is 7.74. The summed E-state index contributed by atoms with van der Waals surface area (Å²) in [5.74, 6) is -2.31. The Bertz CT molecular complexity index is 2240. The standard InChI is InChI=1S/C35H31Cl3F3N9O4S/c1-33(2,16-43-27(52)28(53)46-32-45-25-23(55-32)12-11-22(37)24(25)38)15-42-26(51)18-3-9-21(10-4-18)44-29-47-30(49-31(48-29)54-17-35(39,40)41)50-34(13-14-34)19-5-7-20(36)8-6-19/h3-12H,13-17H2,1-2H3,(H,42,51)(H,43,52)(H,45,46,53)(H2,44,47,48,49,50). The Hall–Kier alpha value is -4.97. The lowest BCUT2D eigenvalue weighted by Crippen LogP contribution is -2.44. The van der Waals surface area contributed by atoms with Crippen molar-refractivity contribution in [3.05, 3.63) is 86.9 Å². The summed E-state index contributed by atoms with van der Waals surface area (Å²) in [4.78, 5) is 54.7. The third-order valence-electron chi connectivity index (χ3n) is 8.21. The smallest absolute Gasteiger partial charge is 0.422 e. The lowest BCUT2D eigenvalue weighted by molar-refractivity contribution is -0.154. The summed E-state index contributed by atoms with van der Waals surface area (Å²) in [5, 5.41) is 15.3. The third-order valence-corrected chi connectivity index (χ3v) is 10.2. The van der Waals surface area contributed by atoms with Crippen molar-refractivity contribution < 1.29 is 32.3 Å². The van der Waals surface area contributed by atoms with Crippen molar-refractivity contribution in [3.63, 3.8) is 0 Å².